The van der Waals surface area contributed by atoms with Crippen LogP contribution in [0, 0.1) is 0 Å². The lowest BCUT2D eigenvalue weighted by atomic mass is 10.1. The zero-order valence-corrected chi connectivity index (χ0v) is 17.5. The van der Waals surface area contributed by atoms with Gasteiger partial charge in [0, 0.05) is 12.5 Å². The molecule has 0 aliphatic rings. The number of amides is 1. The van der Waals surface area contributed by atoms with Crippen LogP contribution in [0.2, 0.25) is 0 Å². The summed E-state index contributed by atoms with van der Waals surface area (Å²) in [6.07, 6.45) is 7.48. The van der Waals surface area contributed by atoms with Gasteiger partial charge in [-0.1, -0.05) is 69.9 Å². The fraction of sp³-hybridized carbons (Fsp3) is 0.632. The number of benzene rings is 1. The fourth-order valence-electron chi connectivity index (χ4n) is 2.56. The topological polar surface area (TPSA) is 119 Å². The van der Waals surface area contributed by atoms with Gasteiger partial charge < -0.3 is 20.0 Å². The Labute approximate surface area is 162 Å². The standard InChI is InChI=1S/C19H32N2O.H3O4P/c1-4-6-7-8-12-15-19(22)21-18(5-2)20-16(3)17-13-10-9-11-14-17;1-5(2,3)4/h9-11,13-14,16,18,20H,4-8,12,15H2,1-3H3,(H,21,22);(H3,1,2,3,4). The number of unbranched alkanes of at least 4 members (excludes halogenated alkanes) is 4. The van der Waals surface area contributed by atoms with E-state index >= 15 is 0 Å². The second-order valence-electron chi connectivity index (χ2n) is 6.50. The van der Waals surface area contributed by atoms with Crippen molar-refractivity contribution in [1.82, 2.24) is 10.6 Å². The number of carbonyl (C=O) groups excluding carboxylic acids is 1. The molecule has 7 nitrogen and oxygen atoms in total. The van der Waals surface area contributed by atoms with Gasteiger partial charge in [-0.3, -0.25) is 10.1 Å². The monoisotopic (exact) mass is 402 g/mol. The van der Waals surface area contributed by atoms with Crippen LogP contribution >= 0.6 is 7.82 Å². The molecule has 1 aromatic rings. The number of rotatable bonds is 11. The highest BCUT2D eigenvalue weighted by atomic mass is 31.2. The summed E-state index contributed by atoms with van der Waals surface area (Å²) in [7, 11) is -4.64. The van der Waals surface area contributed by atoms with Crippen LogP contribution in [0.1, 0.15) is 77.3 Å². The predicted molar refractivity (Wildman–Crippen MR) is 108 cm³/mol. The van der Waals surface area contributed by atoms with Gasteiger partial charge in [-0.05, 0) is 25.3 Å². The molecule has 0 aliphatic carbocycles. The number of phosphoric acid groups is 1. The van der Waals surface area contributed by atoms with Gasteiger partial charge in [-0.25, -0.2) is 4.57 Å². The molecule has 0 heterocycles. The molecule has 2 atom stereocenters. The summed E-state index contributed by atoms with van der Waals surface area (Å²) in [5.74, 6) is 0.163. The third-order valence-corrected chi connectivity index (χ3v) is 4.00. The number of nitrogens with one attached hydrogen (secondary N) is 2. The van der Waals surface area contributed by atoms with Crippen LogP contribution in [0.3, 0.4) is 0 Å². The number of carbonyl (C=O) groups is 1. The summed E-state index contributed by atoms with van der Waals surface area (Å²) in [6.45, 7) is 6.43. The molecule has 1 amide bonds. The van der Waals surface area contributed by atoms with Crippen molar-refractivity contribution >= 4 is 13.7 Å². The largest absolute Gasteiger partial charge is 0.466 e. The van der Waals surface area contributed by atoms with Crippen LogP contribution in [0.4, 0.5) is 0 Å². The van der Waals surface area contributed by atoms with E-state index in [1.54, 1.807) is 0 Å². The Hall–Kier alpha value is -1.24. The Morgan fingerprint density at radius 3 is 2.11 bits per heavy atom. The lowest BCUT2D eigenvalue weighted by Gasteiger charge is -2.23. The van der Waals surface area contributed by atoms with Crippen LogP contribution in [0.5, 0.6) is 0 Å². The maximum atomic E-state index is 12.0. The SMILES string of the molecule is CCCCCCCC(=O)NC(CC)NC(C)c1ccccc1.O=P(O)(O)O. The van der Waals surface area contributed by atoms with Gasteiger partial charge in [0.25, 0.3) is 0 Å². The molecule has 1 aromatic carbocycles. The van der Waals surface area contributed by atoms with E-state index < -0.39 is 7.82 Å². The quantitative estimate of drug-likeness (QED) is 0.219. The molecule has 5 N–H and O–H groups in total. The normalized spacial score (nSPS) is 13.3. The highest BCUT2D eigenvalue weighted by molar-refractivity contribution is 7.45. The molecule has 8 heteroatoms. The van der Waals surface area contributed by atoms with E-state index in [0.29, 0.717) is 6.42 Å². The van der Waals surface area contributed by atoms with Crippen molar-refractivity contribution in [1.29, 1.82) is 0 Å². The van der Waals surface area contributed by atoms with Gasteiger partial charge in [0.05, 0.1) is 6.17 Å². The third-order valence-electron chi connectivity index (χ3n) is 4.00. The molecule has 0 radical (unpaired) electrons. The first-order valence-electron chi connectivity index (χ1n) is 9.56. The minimum absolute atomic E-state index is 0.0401. The Bertz CT molecular complexity index is 542. The molecule has 0 saturated carbocycles. The van der Waals surface area contributed by atoms with Crippen LogP contribution in [-0.4, -0.2) is 26.8 Å². The molecule has 0 aromatic heterocycles. The lowest BCUT2D eigenvalue weighted by molar-refractivity contribution is -0.122. The van der Waals surface area contributed by atoms with Crippen molar-refractivity contribution in [2.24, 2.45) is 0 Å². The van der Waals surface area contributed by atoms with Gasteiger partial charge >= 0.3 is 7.82 Å². The van der Waals surface area contributed by atoms with Gasteiger partial charge in [0.1, 0.15) is 0 Å². The van der Waals surface area contributed by atoms with Gasteiger partial charge in [0.2, 0.25) is 5.91 Å². The van der Waals surface area contributed by atoms with Crippen LogP contribution in [0.15, 0.2) is 30.3 Å². The smallest absolute Gasteiger partial charge is 0.341 e. The van der Waals surface area contributed by atoms with Gasteiger partial charge in [-0.2, -0.15) is 0 Å². The van der Waals surface area contributed by atoms with Crippen molar-refractivity contribution in [2.45, 2.75) is 77.9 Å². The van der Waals surface area contributed by atoms with Crippen molar-refractivity contribution < 1.29 is 24.0 Å². The van der Waals surface area contributed by atoms with E-state index in [1.807, 2.05) is 18.2 Å². The molecular formula is C19H35N2O5P. The zero-order valence-electron chi connectivity index (χ0n) is 16.6. The molecule has 27 heavy (non-hydrogen) atoms. The zero-order chi connectivity index (χ0) is 20.7. The molecule has 0 aliphatic heterocycles. The van der Waals surface area contributed by atoms with Crippen molar-refractivity contribution in [3.63, 3.8) is 0 Å². The summed E-state index contributed by atoms with van der Waals surface area (Å²) in [5, 5.41) is 6.60. The Balaban J connectivity index is 0.00000119. The van der Waals surface area contributed by atoms with Crippen molar-refractivity contribution in [3.8, 4) is 0 Å². The summed E-state index contributed by atoms with van der Waals surface area (Å²) >= 11 is 0. The van der Waals surface area contributed by atoms with Crippen LogP contribution < -0.4 is 10.6 Å². The third kappa shape index (κ3) is 16.6. The Kier molecular flexibility index (Phi) is 14.1. The molecule has 156 valence electrons. The summed E-state index contributed by atoms with van der Waals surface area (Å²) in [6, 6.07) is 10.6. The maximum absolute atomic E-state index is 12.0. The molecule has 0 bridgehead atoms. The predicted octanol–water partition coefficient (Wildman–Crippen LogP) is 3.62. The molecule has 1 rings (SSSR count). The van der Waals surface area contributed by atoms with E-state index in [0.717, 1.165) is 19.3 Å². The molecule has 0 fully saturated rings. The highest BCUT2D eigenvalue weighted by Gasteiger charge is 2.13. The maximum Gasteiger partial charge on any atom is 0.466 e. The second kappa shape index (κ2) is 14.8. The van der Waals surface area contributed by atoms with Crippen LogP contribution in [0.25, 0.3) is 0 Å². The second-order valence-corrected chi connectivity index (χ2v) is 7.53. The molecule has 2 unspecified atom stereocenters. The minimum Gasteiger partial charge on any atom is -0.341 e. The lowest BCUT2D eigenvalue weighted by Crippen LogP contribution is -2.45. The van der Waals surface area contributed by atoms with Crippen molar-refractivity contribution in [3.05, 3.63) is 35.9 Å². The first-order valence-corrected chi connectivity index (χ1v) is 11.1. The Morgan fingerprint density at radius 2 is 1.59 bits per heavy atom. The van der Waals surface area contributed by atoms with Crippen LogP contribution in [-0.2, 0) is 9.36 Å². The summed E-state index contributed by atoms with van der Waals surface area (Å²) < 4.78 is 8.88. The molecule has 0 saturated heterocycles. The highest BCUT2D eigenvalue weighted by Crippen LogP contribution is 2.25. The Morgan fingerprint density at radius 1 is 1.04 bits per heavy atom. The first-order chi connectivity index (χ1) is 12.7. The van der Waals surface area contributed by atoms with Gasteiger partial charge in [0.15, 0.2) is 0 Å². The summed E-state index contributed by atoms with van der Waals surface area (Å²) in [4.78, 5) is 33.6. The van der Waals surface area contributed by atoms with E-state index in [1.165, 1.54) is 24.8 Å². The van der Waals surface area contributed by atoms with E-state index in [2.05, 4.69) is 43.5 Å². The average molecular weight is 402 g/mol. The van der Waals surface area contributed by atoms with Gasteiger partial charge in [-0.15, -0.1) is 0 Å². The first kappa shape index (κ1) is 25.8. The number of hydrogen-bond acceptors (Lipinski definition) is 3. The van der Waals surface area contributed by atoms with E-state index in [-0.39, 0.29) is 18.1 Å². The van der Waals surface area contributed by atoms with E-state index in [4.69, 9.17) is 19.2 Å². The minimum atomic E-state index is -4.64. The fourth-order valence-corrected chi connectivity index (χ4v) is 2.56. The van der Waals surface area contributed by atoms with E-state index in [9.17, 15) is 4.79 Å². The van der Waals surface area contributed by atoms with Crippen molar-refractivity contribution in [2.75, 3.05) is 0 Å². The molecule has 0 spiro atoms. The average Bonchev–Trinajstić information content (AvgIpc) is 2.60. The molecular weight excluding hydrogens is 367 g/mol. The number of hydrogen-bond donors (Lipinski definition) is 5. The summed E-state index contributed by atoms with van der Waals surface area (Å²) in [5.41, 5.74) is 1.25.